The molecule has 0 heterocycles. The summed E-state index contributed by atoms with van der Waals surface area (Å²) >= 11 is 5.84. The molecule has 2 rings (SSSR count). The van der Waals surface area contributed by atoms with Crippen LogP contribution in [-0.4, -0.2) is 14.5 Å². The molecule has 2 unspecified atom stereocenters. The molecule has 0 aromatic heterocycles. The van der Waals surface area contributed by atoms with Crippen LogP contribution in [0.4, 0.5) is 5.69 Å². The Hall–Kier alpha value is -0.780. The smallest absolute Gasteiger partial charge is 0.241 e. The van der Waals surface area contributed by atoms with Crippen LogP contribution in [0, 0.1) is 12.8 Å². The molecule has 0 bridgehead atoms. The van der Waals surface area contributed by atoms with Crippen molar-refractivity contribution in [2.24, 2.45) is 5.92 Å². The Morgan fingerprint density at radius 2 is 2.06 bits per heavy atom. The van der Waals surface area contributed by atoms with Crippen LogP contribution in [0.5, 0.6) is 0 Å². The molecule has 1 aliphatic rings. The largest absolute Gasteiger partial charge is 0.397 e. The number of nitrogens with two attached hydrogens (primary N) is 1. The van der Waals surface area contributed by atoms with Gasteiger partial charge in [-0.05, 0) is 37.0 Å². The molecule has 3 N–H and O–H groups in total. The predicted octanol–water partition coefficient (Wildman–Crippen LogP) is 1.92. The number of hydrogen-bond acceptors (Lipinski definition) is 3. The quantitative estimate of drug-likeness (QED) is 0.827. The second kappa shape index (κ2) is 4.15. The van der Waals surface area contributed by atoms with Crippen LogP contribution in [0.3, 0.4) is 0 Å². The van der Waals surface area contributed by atoms with Crippen LogP contribution in [-0.2, 0) is 10.0 Å². The lowest BCUT2D eigenvalue weighted by atomic mass is 10.2. The van der Waals surface area contributed by atoms with Gasteiger partial charge in [-0.3, -0.25) is 0 Å². The fourth-order valence-corrected chi connectivity index (χ4v) is 3.54. The standard InChI is InChI=1S/C11H15ClN2O2S/c1-6-4-10(6)14-17(15,16)11-5-9(13)8(12)3-7(11)2/h3,5-6,10,14H,4,13H2,1-2H3. The van der Waals surface area contributed by atoms with Crippen molar-refractivity contribution in [3.05, 3.63) is 22.7 Å². The number of nitrogen functional groups attached to an aromatic ring is 1. The van der Waals surface area contributed by atoms with Crippen molar-refractivity contribution in [3.8, 4) is 0 Å². The fraction of sp³-hybridized carbons (Fsp3) is 0.455. The van der Waals surface area contributed by atoms with E-state index >= 15 is 0 Å². The van der Waals surface area contributed by atoms with E-state index in [2.05, 4.69) is 4.72 Å². The molecule has 0 aliphatic heterocycles. The van der Waals surface area contributed by atoms with E-state index in [1.165, 1.54) is 6.07 Å². The normalized spacial score (nSPS) is 23.7. The zero-order valence-electron chi connectivity index (χ0n) is 9.70. The van der Waals surface area contributed by atoms with E-state index in [1.54, 1.807) is 13.0 Å². The molecule has 0 spiro atoms. The van der Waals surface area contributed by atoms with E-state index < -0.39 is 10.0 Å². The highest BCUT2D eigenvalue weighted by molar-refractivity contribution is 7.89. The molecule has 1 saturated carbocycles. The second-order valence-electron chi connectivity index (χ2n) is 4.58. The summed E-state index contributed by atoms with van der Waals surface area (Å²) in [6, 6.07) is 3.03. The van der Waals surface area contributed by atoms with Gasteiger partial charge in [0.25, 0.3) is 0 Å². The molecule has 1 aromatic rings. The van der Waals surface area contributed by atoms with Crippen molar-refractivity contribution in [3.63, 3.8) is 0 Å². The van der Waals surface area contributed by atoms with E-state index in [0.717, 1.165) is 6.42 Å². The Morgan fingerprint density at radius 3 is 2.59 bits per heavy atom. The maximum Gasteiger partial charge on any atom is 0.241 e. The second-order valence-corrected chi connectivity index (χ2v) is 6.67. The van der Waals surface area contributed by atoms with Gasteiger partial charge in [0, 0.05) is 6.04 Å². The molecule has 4 nitrogen and oxygen atoms in total. The Balaban J connectivity index is 2.35. The third-order valence-corrected chi connectivity index (χ3v) is 4.96. The summed E-state index contributed by atoms with van der Waals surface area (Å²) in [7, 11) is -3.49. The molecule has 1 fully saturated rings. The van der Waals surface area contributed by atoms with Gasteiger partial charge in [-0.15, -0.1) is 0 Å². The summed E-state index contributed by atoms with van der Waals surface area (Å²) in [6.45, 7) is 3.71. The van der Waals surface area contributed by atoms with Crippen LogP contribution < -0.4 is 10.5 Å². The summed E-state index contributed by atoms with van der Waals surface area (Å²) in [5.74, 6) is 0.412. The predicted molar refractivity (Wildman–Crippen MR) is 68.5 cm³/mol. The van der Waals surface area contributed by atoms with Crippen molar-refractivity contribution in [2.45, 2.75) is 31.2 Å². The minimum Gasteiger partial charge on any atom is -0.397 e. The highest BCUT2D eigenvalue weighted by Gasteiger charge is 2.36. The molecule has 17 heavy (non-hydrogen) atoms. The van der Waals surface area contributed by atoms with E-state index in [1.807, 2.05) is 6.92 Å². The van der Waals surface area contributed by atoms with Crippen LogP contribution >= 0.6 is 11.6 Å². The van der Waals surface area contributed by atoms with Gasteiger partial charge in [-0.1, -0.05) is 18.5 Å². The van der Waals surface area contributed by atoms with Crippen LogP contribution in [0.1, 0.15) is 18.9 Å². The number of anilines is 1. The zero-order chi connectivity index (χ0) is 12.8. The molecule has 0 saturated heterocycles. The third kappa shape index (κ3) is 2.56. The number of hydrogen-bond donors (Lipinski definition) is 2. The number of nitrogens with one attached hydrogen (secondary N) is 1. The monoisotopic (exact) mass is 274 g/mol. The van der Waals surface area contributed by atoms with E-state index in [-0.39, 0.29) is 16.6 Å². The maximum absolute atomic E-state index is 12.1. The summed E-state index contributed by atoms with van der Waals surface area (Å²) in [5, 5.41) is 0.376. The highest BCUT2D eigenvalue weighted by atomic mass is 35.5. The van der Waals surface area contributed by atoms with E-state index in [9.17, 15) is 8.42 Å². The Morgan fingerprint density at radius 1 is 1.47 bits per heavy atom. The lowest BCUT2D eigenvalue weighted by Gasteiger charge is -2.10. The van der Waals surface area contributed by atoms with E-state index in [0.29, 0.717) is 16.5 Å². The molecule has 2 atom stereocenters. The summed E-state index contributed by atoms with van der Waals surface area (Å²) in [5.41, 5.74) is 6.52. The molecule has 1 aromatic carbocycles. The first-order chi connectivity index (χ1) is 7.81. The molecule has 0 radical (unpaired) electrons. The van der Waals surface area contributed by atoms with Crippen molar-refractivity contribution >= 4 is 27.3 Å². The van der Waals surface area contributed by atoms with Crippen molar-refractivity contribution in [1.29, 1.82) is 0 Å². The summed E-state index contributed by atoms with van der Waals surface area (Å²) in [4.78, 5) is 0.207. The highest BCUT2D eigenvalue weighted by Crippen LogP contribution is 2.32. The minimum absolute atomic E-state index is 0.0521. The number of sulfonamides is 1. The minimum atomic E-state index is -3.49. The zero-order valence-corrected chi connectivity index (χ0v) is 11.3. The Kier molecular flexibility index (Phi) is 3.10. The molecule has 94 valence electrons. The lowest BCUT2D eigenvalue weighted by Crippen LogP contribution is -2.27. The van der Waals surface area contributed by atoms with Crippen molar-refractivity contribution < 1.29 is 8.42 Å². The van der Waals surface area contributed by atoms with Gasteiger partial charge in [0.1, 0.15) is 0 Å². The average Bonchev–Trinajstić information content (AvgIpc) is 2.86. The van der Waals surface area contributed by atoms with E-state index in [4.69, 9.17) is 17.3 Å². The Labute approximate surface area is 106 Å². The molecular formula is C11H15ClN2O2S. The van der Waals surface area contributed by atoms with Crippen LogP contribution in [0.25, 0.3) is 0 Å². The van der Waals surface area contributed by atoms with Crippen LogP contribution in [0.15, 0.2) is 17.0 Å². The van der Waals surface area contributed by atoms with Gasteiger partial charge in [0.2, 0.25) is 10.0 Å². The van der Waals surface area contributed by atoms with Gasteiger partial charge < -0.3 is 5.73 Å². The molecular weight excluding hydrogens is 260 g/mol. The first-order valence-electron chi connectivity index (χ1n) is 5.39. The first-order valence-corrected chi connectivity index (χ1v) is 7.25. The maximum atomic E-state index is 12.1. The van der Waals surface area contributed by atoms with Crippen LogP contribution in [0.2, 0.25) is 5.02 Å². The number of aryl methyl sites for hydroxylation is 1. The summed E-state index contributed by atoms with van der Waals surface area (Å²) < 4.78 is 26.9. The number of benzene rings is 1. The van der Waals surface area contributed by atoms with Crippen molar-refractivity contribution in [1.82, 2.24) is 4.72 Å². The lowest BCUT2D eigenvalue weighted by molar-refractivity contribution is 0.578. The fourth-order valence-electron chi connectivity index (χ4n) is 1.71. The number of rotatable bonds is 3. The molecule has 6 heteroatoms. The van der Waals surface area contributed by atoms with Crippen molar-refractivity contribution in [2.75, 3.05) is 5.73 Å². The van der Waals surface area contributed by atoms with Gasteiger partial charge in [0.05, 0.1) is 15.6 Å². The third-order valence-electron chi connectivity index (χ3n) is 3.00. The summed E-state index contributed by atoms with van der Waals surface area (Å²) in [6.07, 6.45) is 0.890. The van der Waals surface area contributed by atoms with Gasteiger partial charge in [-0.25, -0.2) is 13.1 Å². The van der Waals surface area contributed by atoms with Gasteiger partial charge in [-0.2, -0.15) is 0 Å². The number of halogens is 1. The SMILES string of the molecule is Cc1cc(Cl)c(N)cc1S(=O)(=O)NC1CC1C. The average molecular weight is 275 g/mol. The van der Waals surface area contributed by atoms with Gasteiger partial charge >= 0.3 is 0 Å². The molecule has 0 amide bonds. The van der Waals surface area contributed by atoms with Gasteiger partial charge in [0.15, 0.2) is 0 Å². The Bertz CT molecular complexity index is 557. The molecule has 1 aliphatic carbocycles. The topological polar surface area (TPSA) is 72.2 Å². The first kappa shape index (κ1) is 12.7.